The van der Waals surface area contributed by atoms with Gasteiger partial charge in [0, 0.05) is 11.3 Å². The number of aromatic nitrogens is 1. The van der Waals surface area contributed by atoms with Gasteiger partial charge in [-0.1, -0.05) is 11.6 Å². The van der Waals surface area contributed by atoms with Crippen LogP contribution in [-0.2, 0) is 0 Å². The van der Waals surface area contributed by atoms with Crippen molar-refractivity contribution in [2.45, 2.75) is 24.8 Å². The molecule has 0 saturated carbocycles. The molecule has 1 aromatic heterocycles. The fraction of sp³-hybridized carbons (Fsp3) is 0.625. The molecule has 0 radical (unpaired) electrons. The highest BCUT2D eigenvalue weighted by Gasteiger charge is 2.32. The summed E-state index contributed by atoms with van der Waals surface area (Å²) in [4.78, 5) is 4.27. The number of halogens is 1. The Morgan fingerprint density at radius 3 is 2.92 bits per heavy atom. The predicted octanol–water partition coefficient (Wildman–Crippen LogP) is 2.91. The van der Waals surface area contributed by atoms with E-state index >= 15 is 0 Å². The van der Waals surface area contributed by atoms with E-state index < -0.39 is 0 Å². The van der Waals surface area contributed by atoms with Crippen molar-refractivity contribution in [2.75, 3.05) is 5.75 Å². The molecule has 0 bridgehead atoms. The summed E-state index contributed by atoms with van der Waals surface area (Å²) < 4.78 is 0.766. The Morgan fingerprint density at radius 1 is 1.69 bits per heavy atom. The molecule has 72 valence electrons. The molecule has 0 spiro atoms. The summed E-state index contributed by atoms with van der Waals surface area (Å²) in [5.74, 6) is 1.12. The van der Waals surface area contributed by atoms with Crippen LogP contribution in [0.5, 0.6) is 0 Å². The van der Waals surface area contributed by atoms with Gasteiger partial charge in [-0.3, -0.25) is 5.32 Å². The van der Waals surface area contributed by atoms with E-state index in [4.69, 9.17) is 11.6 Å². The van der Waals surface area contributed by atoms with E-state index in [9.17, 15) is 0 Å². The number of hydrogen-bond acceptors (Lipinski definition) is 4. The zero-order valence-electron chi connectivity index (χ0n) is 7.50. The molecule has 5 heteroatoms. The van der Waals surface area contributed by atoms with Gasteiger partial charge in [0.2, 0.25) is 0 Å². The monoisotopic (exact) mass is 234 g/mol. The molecule has 1 aliphatic rings. The predicted molar refractivity (Wildman–Crippen MR) is 59.5 cm³/mol. The first-order valence-corrected chi connectivity index (χ1v) is 6.32. The van der Waals surface area contributed by atoms with Crippen molar-refractivity contribution in [3.63, 3.8) is 0 Å². The van der Waals surface area contributed by atoms with Crippen molar-refractivity contribution in [2.24, 2.45) is 0 Å². The quantitative estimate of drug-likeness (QED) is 0.809. The van der Waals surface area contributed by atoms with Gasteiger partial charge in [-0.15, -0.1) is 23.1 Å². The second-order valence-corrected chi connectivity index (χ2v) is 6.51. The smallest absolute Gasteiger partial charge is 0.121 e. The molecule has 2 heterocycles. The lowest BCUT2D eigenvalue weighted by Crippen LogP contribution is -2.35. The highest BCUT2D eigenvalue weighted by molar-refractivity contribution is 7.99. The van der Waals surface area contributed by atoms with E-state index in [2.05, 4.69) is 24.1 Å². The molecule has 2 nitrogen and oxygen atoms in total. The first-order valence-electron chi connectivity index (χ1n) is 4.07. The van der Waals surface area contributed by atoms with Gasteiger partial charge >= 0.3 is 0 Å². The van der Waals surface area contributed by atoms with E-state index in [0.717, 1.165) is 15.1 Å². The van der Waals surface area contributed by atoms with Gasteiger partial charge in [-0.05, 0) is 13.8 Å². The summed E-state index contributed by atoms with van der Waals surface area (Å²) in [7, 11) is 0. The maximum Gasteiger partial charge on any atom is 0.121 e. The van der Waals surface area contributed by atoms with Gasteiger partial charge in [-0.25, -0.2) is 4.98 Å². The van der Waals surface area contributed by atoms with E-state index in [1.807, 2.05) is 11.8 Å². The Kier molecular flexibility index (Phi) is 2.57. The highest BCUT2D eigenvalue weighted by atomic mass is 35.5. The van der Waals surface area contributed by atoms with Crippen LogP contribution in [0.1, 0.15) is 24.2 Å². The SMILES string of the molecule is CC1(C)CSC(c2ncc(Cl)s2)N1. The van der Waals surface area contributed by atoms with Crippen molar-refractivity contribution in [3.8, 4) is 0 Å². The van der Waals surface area contributed by atoms with Crippen LogP contribution in [-0.4, -0.2) is 16.3 Å². The molecule has 1 saturated heterocycles. The van der Waals surface area contributed by atoms with Gasteiger partial charge < -0.3 is 0 Å². The maximum atomic E-state index is 5.83. The lowest BCUT2D eigenvalue weighted by molar-refractivity contribution is 0.451. The number of hydrogen-bond donors (Lipinski definition) is 1. The minimum absolute atomic E-state index is 0.216. The Bertz CT molecular complexity index is 311. The van der Waals surface area contributed by atoms with E-state index in [0.29, 0.717) is 5.37 Å². The normalized spacial score (nSPS) is 26.5. The number of nitrogens with one attached hydrogen (secondary N) is 1. The standard InChI is InChI=1S/C8H11ClN2S2/c1-8(2)4-12-7(11-8)6-10-3-5(9)13-6/h3,7,11H,4H2,1-2H3. The Labute approximate surface area is 91.1 Å². The third-order valence-electron chi connectivity index (χ3n) is 1.85. The van der Waals surface area contributed by atoms with Crippen LogP contribution in [0.4, 0.5) is 0 Å². The molecule has 1 aromatic rings. The molecular formula is C8H11ClN2S2. The van der Waals surface area contributed by atoms with Crippen LogP contribution >= 0.6 is 34.7 Å². The van der Waals surface area contributed by atoms with Crippen molar-refractivity contribution in [1.82, 2.24) is 10.3 Å². The maximum absolute atomic E-state index is 5.83. The number of thioether (sulfide) groups is 1. The number of nitrogens with zero attached hydrogens (tertiary/aromatic N) is 1. The van der Waals surface area contributed by atoms with Gasteiger partial charge in [0.15, 0.2) is 0 Å². The van der Waals surface area contributed by atoms with Crippen LogP contribution in [0.3, 0.4) is 0 Å². The Balaban J connectivity index is 2.12. The number of rotatable bonds is 1. The number of thiazole rings is 1. The summed E-state index contributed by atoms with van der Waals surface area (Å²) >= 11 is 9.28. The van der Waals surface area contributed by atoms with Crippen molar-refractivity contribution >= 4 is 34.7 Å². The van der Waals surface area contributed by atoms with Crippen molar-refractivity contribution in [3.05, 3.63) is 15.5 Å². The molecule has 0 aliphatic carbocycles. The summed E-state index contributed by atoms with van der Waals surface area (Å²) in [6.45, 7) is 4.41. The lowest BCUT2D eigenvalue weighted by atomic mass is 10.1. The largest absolute Gasteiger partial charge is 0.294 e. The summed E-state index contributed by atoms with van der Waals surface area (Å²) in [5, 5.41) is 4.92. The van der Waals surface area contributed by atoms with Crippen LogP contribution in [0.25, 0.3) is 0 Å². The molecule has 0 amide bonds. The molecule has 1 unspecified atom stereocenters. The second kappa shape index (κ2) is 3.42. The van der Waals surface area contributed by atoms with Gasteiger partial charge in [0.1, 0.15) is 14.7 Å². The Morgan fingerprint density at radius 2 is 2.46 bits per heavy atom. The molecule has 0 aromatic carbocycles. The van der Waals surface area contributed by atoms with Crippen LogP contribution in [0, 0.1) is 0 Å². The molecule has 1 atom stereocenters. The summed E-state index contributed by atoms with van der Waals surface area (Å²) in [5.41, 5.74) is 0.216. The molecular weight excluding hydrogens is 224 g/mol. The molecule has 1 fully saturated rings. The van der Waals surface area contributed by atoms with Gasteiger partial charge in [-0.2, -0.15) is 0 Å². The van der Waals surface area contributed by atoms with E-state index in [-0.39, 0.29) is 5.54 Å². The lowest BCUT2D eigenvalue weighted by Gasteiger charge is -2.17. The van der Waals surface area contributed by atoms with Crippen LogP contribution in [0.2, 0.25) is 4.34 Å². The third kappa shape index (κ3) is 2.18. The van der Waals surface area contributed by atoms with Crippen LogP contribution < -0.4 is 5.32 Å². The fourth-order valence-corrected chi connectivity index (χ4v) is 3.73. The van der Waals surface area contributed by atoms with Crippen molar-refractivity contribution < 1.29 is 0 Å². The molecule has 2 rings (SSSR count). The zero-order valence-corrected chi connectivity index (χ0v) is 9.89. The van der Waals surface area contributed by atoms with Gasteiger partial charge in [0.05, 0.1) is 6.20 Å². The molecule has 1 N–H and O–H groups in total. The average molecular weight is 235 g/mol. The second-order valence-electron chi connectivity index (χ2n) is 3.72. The van der Waals surface area contributed by atoms with Gasteiger partial charge in [0.25, 0.3) is 0 Å². The summed E-state index contributed by atoms with van der Waals surface area (Å²) in [6.07, 6.45) is 1.72. The van der Waals surface area contributed by atoms with Crippen molar-refractivity contribution in [1.29, 1.82) is 0 Å². The average Bonchev–Trinajstić information content (AvgIpc) is 2.56. The summed E-state index contributed by atoms with van der Waals surface area (Å²) in [6, 6.07) is 0. The minimum atomic E-state index is 0.216. The van der Waals surface area contributed by atoms with Crippen LogP contribution in [0.15, 0.2) is 6.20 Å². The third-order valence-corrected chi connectivity index (χ3v) is 4.74. The first kappa shape index (κ1) is 9.77. The highest BCUT2D eigenvalue weighted by Crippen LogP contribution is 2.39. The topological polar surface area (TPSA) is 24.9 Å². The van der Waals surface area contributed by atoms with E-state index in [1.165, 1.54) is 0 Å². The zero-order chi connectivity index (χ0) is 9.47. The molecule has 13 heavy (non-hydrogen) atoms. The fourth-order valence-electron chi connectivity index (χ4n) is 1.25. The Hall–Kier alpha value is 0.230. The van der Waals surface area contributed by atoms with E-state index in [1.54, 1.807) is 17.5 Å². The first-order chi connectivity index (χ1) is 6.07. The molecule has 1 aliphatic heterocycles. The minimum Gasteiger partial charge on any atom is -0.294 e.